The van der Waals surface area contributed by atoms with Crippen molar-refractivity contribution >= 4 is 5.97 Å². The molecule has 2 aromatic carbocycles. The molecule has 6 nitrogen and oxygen atoms in total. The van der Waals surface area contributed by atoms with Crippen LogP contribution in [-0.4, -0.2) is 87.8 Å². The molecule has 0 amide bonds. The van der Waals surface area contributed by atoms with E-state index in [9.17, 15) is 15.0 Å². The van der Waals surface area contributed by atoms with Crippen molar-refractivity contribution in [3.8, 4) is 0 Å². The second-order valence-electron chi connectivity index (χ2n) is 9.54. The number of aromatic carboxylic acids is 1. The molecule has 5 rings (SSSR count). The van der Waals surface area contributed by atoms with Crippen molar-refractivity contribution in [2.75, 3.05) is 39.3 Å². The third-order valence-corrected chi connectivity index (χ3v) is 7.16. The van der Waals surface area contributed by atoms with Crippen LogP contribution in [0.4, 0.5) is 0 Å². The van der Waals surface area contributed by atoms with E-state index in [4.69, 9.17) is 0 Å². The first-order valence-electron chi connectivity index (χ1n) is 11.3. The zero-order valence-electron chi connectivity index (χ0n) is 17.9. The molecule has 2 aromatic rings. The highest BCUT2D eigenvalue weighted by Gasteiger charge is 2.55. The molecule has 2 atom stereocenters. The van der Waals surface area contributed by atoms with E-state index >= 15 is 0 Å². The van der Waals surface area contributed by atoms with Gasteiger partial charge in [0.15, 0.2) is 0 Å². The van der Waals surface area contributed by atoms with Gasteiger partial charge < -0.3 is 10.2 Å². The summed E-state index contributed by atoms with van der Waals surface area (Å²) < 4.78 is 0. The molecule has 164 valence electrons. The van der Waals surface area contributed by atoms with Crippen LogP contribution in [0.25, 0.3) is 0 Å². The summed E-state index contributed by atoms with van der Waals surface area (Å²) in [5, 5.41) is 19.6. The number of fused-ring (bicyclic) bond motifs is 2. The minimum absolute atomic E-state index is 0.0987. The highest BCUT2D eigenvalue weighted by Crippen LogP contribution is 2.39. The number of carbonyl (C=O) groups is 1. The van der Waals surface area contributed by atoms with Crippen molar-refractivity contribution in [1.82, 2.24) is 14.7 Å². The number of carboxylic acids is 1. The lowest BCUT2D eigenvalue weighted by molar-refractivity contribution is -0.116. The molecule has 0 aliphatic carbocycles. The maximum absolute atomic E-state index is 11.3. The van der Waals surface area contributed by atoms with Crippen molar-refractivity contribution in [2.24, 2.45) is 0 Å². The van der Waals surface area contributed by atoms with Gasteiger partial charge in [0.1, 0.15) is 0 Å². The fourth-order valence-electron chi connectivity index (χ4n) is 5.86. The molecule has 3 aliphatic rings. The smallest absolute Gasteiger partial charge is 0.335 e. The molecular weight excluding hydrogens is 390 g/mol. The van der Waals surface area contributed by atoms with Crippen LogP contribution in [0.1, 0.15) is 27.9 Å². The molecule has 3 heterocycles. The Kier molecular flexibility index (Phi) is 5.56. The van der Waals surface area contributed by atoms with E-state index in [2.05, 4.69) is 45.0 Å². The Balaban J connectivity index is 1.25. The molecule has 3 aliphatic heterocycles. The molecule has 0 unspecified atom stereocenters. The van der Waals surface area contributed by atoms with Crippen LogP contribution >= 0.6 is 0 Å². The number of aliphatic hydroxyl groups excluding tert-OH is 1. The van der Waals surface area contributed by atoms with E-state index in [-0.39, 0.29) is 11.6 Å². The number of aliphatic hydroxyl groups is 1. The number of nitrogens with zero attached hydrogens (tertiary/aromatic N) is 3. The van der Waals surface area contributed by atoms with Gasteiger partial charge in [-0.2, -0.15) is 0 Å². The number of rotatable bonds is 6. The monoisotopic (exact) mass is 421 g/mol. The van der Waals surface area contributed by atoms with Crippen molar-refractivity contribution in [3.05, 3.63) is 71.3 Å². The van der Waals surface area contributed by atoms with Crippen LogP contribution in [0.5, 0.6) is 0 Å². The number of piperazine rings is 1. The average molecular weight is 422 g/mol. The standard InChI is InChI=1S/C25H31N3O3/c29-23-12-22-14-26(10-9-19-5-2-1-3-6-19)16-25(28(22)15-23)17-27(18-25)13-20-7-4-8-21(11-20)24(30)31/h1-8,11,22-23,29H,9-10,12-18H2,(H,30,31)/t22-,23-/m1/s1. The Morgan fingerprint density at radius 2 is 1.71 bits per heavy atom. The van der Waals surface area contributed by atoms with E-state index in [1.54, 1.807) is 12.1 Å². The van der Waals surface area contributed by atoms with Gasteiger partial charge in [0.2, 0.25) is 0 Å². The predicted molar refractivity (Wildman–Crippen MR) is 119 cm³/mol. The molecule has 0 aromatic heterocycles. The van der Waals surface area contributed by atoms with Gasteiger partial charge in [0.05, 0.1) is 17.2 Å². The Morgan fingerprint density at radius 1 is 0.968 bits per heavy atom. The number of hydrogen-bond acceptors (Lipinski definition) is 5. The molecule has 31 heavy (non-hydrogen) atoms. The molecule has 0 radical (unpaired) electrons. The third kappa shape index (κ3) is 4.26. The fourth-order valence-corrected chi connectivity index (χ4v) is 5.86. The largest absolute Gasteiger partial charge is 0.478 e. The summed E-state index contributed by atoms with van der Waals surface area (Å²) in [7, 11) is 0. The number of carboxylic acid groups (broad SMARTS) is 1. The number of likely N-dealkylation sites (tertiary alicyclic amines) is 1. The number of benzene rings is 2. The molecule has 3 saturated heterocycles. The van der Waals surface area contributed by atoms with Crippen LogP contribution in [0, 0.1) is 0 Å². The van der Waals surface area contributed by atoms with E-state index in [0.29, 0.717) is 11.6 Å². The van der Waals surface area contributed by atoms with E-state index < -0.39 is 5.97 Å². The zero-order chi connectivity index (χ0) is 21.4. The highest BCUT2D eigenvalue weighted by molar-refractivity contribution is 5.87. The van der Waals surface area contributed by atoms with Gasteiger partial charge in [-0.3, -0.25) is 14.7 Å². The zero-order valence-corrected chi connectivity index (χ0v) is 17.9. The van der Waals surface area contributed by atoms with Crippen molar-refractivity contribution in [2.45, 2.75) is 37.1 Å². The first kappa shape index (κ1) is 20.6. The number of β-amino-alcohol motifs (C(OH)–C–C–N with tert-alkyl or cyclic N) is 1. The summed E-state index contributed by atoms with van der Waals surface area (Å²) in [6, 6.07) is 18.3. The Hall–Kier alpha value is -2.25. The lowest BCUT2D eigenvalue weighted by Gasteiger charge is -2.61. The third-order valence-electron chi connectivity index (χ3n) is 7.16. The first-order valence-corrected chi connectivity index (χ1v) is 11.3. The maximum atomic E-state index is 11.3. The normalized spacial score (nSPS) is 26.0. The summed E-state index contributed by atoms with van der Waals surface area (Å²) in [6.45, 7) is 6.60. The van der Waals surface area contributed by atoms with Gasteiger partial charge in [-0.1, -0.05) is 42.5 Å². The first-order chi connectivity index (χ1) is 15.0. The molecule has 0 saturated carbocycles. The molecular formula is C25H31N3O3. The predicted octanol–water partition coefficient (Wildman–Crippen LogP) is 1.93. The van der Waals surface area contributed by atoms with Crippen molar-refractivity contribution in [1.29, 1.82) is 0 Å². The Morgan fingerprint density at radius 3 is 2.48 bits per heavy atom. The van der Waals surface area contributed by atoms with Crippen LogP contribution in [0.2, 0.25) is 0 Å². The molecule has 2 N–H and O–H groups in total. The summed E-state index contributed by atoms with van der Waals surface area (Å²) in [5.74, 6) is -0.878. The lowest BCUT2D eigenvalue weighted by atomic mass is 9.83. The quantitative estimate of drug-likeness (QED) is 0.743. The van der Waals surface area contributed by atoms with Gasteiger partial charge >= 0.3 is 5.97 Å². The topological polar surface area (TPSA) is 67.2 Å². The molecule has 6 heteroatoms. The average Bonchev–Trinajstić information content (AvgIpc) is 3.12. The Bertz CT molecular complexity index is 929. The highest BCUT2D eigenvalue weighted by atomic mass is 16.4. The SMILES string of the molecule is O=C(O)c1cccc(CN2CC3(CN(CCc4ccccc4)C[C@H]4C[C@@H](O)CN43)C2)c1. The van der Waals surface area contributed by atoms with Crippen LogP contribution in [0.3, 0.4) is 0 Å². The summed E-state index contributed by atoms with van der Waals surface area (Å²) in [5.41, 5.74) is 2.87. The van der Waals surface area contributed by atoms with Crippen molar-refractivity contribution in [3.63, 3.8) is 0 Å². The summed E-state index contributed by atoms with van der Waals surface area (Å²) in [4.78, 5) is 18.8. The second-order valence-corrected chi connectivity index (χ2v) is 9.54. The molecule has 3 fully saturated rings. The van der Waals surface area contributed by atoms with E-state index in [1.807, 2.05) is 12.1 Å². The van der Waals surface area contributed by atoms with Crippen LogP contribution in [0.15, 0.2) is 54.6 Å². The second kappa shape index (κ2) is 8.36. The van der Waals surface area contributed by atoms with Gasteiger partial charge in [-0.05, 0) is 36.1 Å². The maximum Gasteiger partial charge on any atom is 0.335 e. The van der Waals surface area contributed by atoms with Crippen LogP contribution < -0.4 is 0 Å². The van der Waals surface area contributed by atoms with E-state index in [1.165, 1.54) is 5.56 Å². The van der Waals surface area contributed by atoms with Gasteiger partial charge in [0, 0.05) is 51.9 Å². The molecule has 0 bridgehead atoms. The Labute approximate surface area is 183 Å². The minimum Gasteiger partial charge on any atom is -0.478 e. The number of hydrogen-bond donors (Lipinski definition) is 2. The summed E-state index contributed by atoms with van der Waals surface area (Å²) in [6.07, 6.45) is 1.69. The van der Waals surface area contributed by atoms with Gasteiger partial charge in [0.25, 0.3) is 0 Å². The molecule has 1 spiro atoms. The lowest BCUT2D eigenvalue weighted by Crippen LogP contribution is -2.77. The minimum atomic E-state index is -0.878. The van der Waals surface area contributed by atoms with Gasteiger partial charge in [-0.25, -0.2) is 4.79 Å². The van der Waals surface area contributed by atoms with E-state index in [0.717, 1.165) is 64.2 Å². The van der Waals surface area contributed by atoms with Gasteiger partial charge in [-0.15, -0.1) is 0 Å². The van der Waals surface area contributed by atoms with Crippen LogP contribution in [-0.2, 0) is 13.0 Å². The fraction of sp³-hybridized carbons (Fsp3) is 0.480. The summed E-state index contributed by atoms with van der Waals surface area (Å²) >= 11 is 0. The van der Waals surface area contributed by atoms with Crippen molar-refractivity contribution < 1.29 is 15.0 Å².